The van der Waals surface area contributed by atoms with E-state index in [2.05, 4.69) is 5.32 Å². The van der Waals surface area contributed by atoms with Crippen LogP contribution in [0.15, 0.2) is 18.2 Å². The molecule has 0 bridgehead atoms. The molecule has 1 amide bonds. The van der Waals surface area contributed by atoms with Crippen LogP contribution in [0, 0.1) is 6.92 Å². The van der Waals surface area contributed by atoms with Crippen molar-refractivity contribution in [1.29, 1.82) is 0 Å². The molecule has 1 aromatic rings. The van der Waals surface area contributed by atoms with Gasteiger partial charge in [0.15, 0.2) is 0 Å². The zero-order chi connectivity index (χ0) is 17.4. The molecule has 1 saturated heterocycles. The van der Waals surface area contributed by atoms with Crippen molar-refractivity contribution in [3.63, 3.8) is 0 Å². The minimum Gasteiger partial charge on any atom is -0.491 e. The van der Waals surface area contributed by atoms with Crippen molar-refractivity contribution in [3.05, 3.63) is 29.3 Å². The van der Waals surface area contributed by atoms with Gasteiger partial charge < -0.3 is 20.5 Å². The van der Waals surface area contributed by atoms with Crippen molar-refractivity contribution in [2.75, 3.05) is 25.2 Å². The second-order valence-electron chi connectivity index (χ2n) is 6.16. The molecular formula is C18H28N2O3S. The number of carbonyl (C=O) groups is 1. The number of nitrogens with two attached hydrogens (primary N) is 1. The molecule has 0 saturated carbocycles. The molecule has 1 heterocycles. The average Bonchev–Trinajstić information content (AvgIpc) is 3.10. The summed E-state index contributed by atoms with van der Waals surface area (Å²) in [5, 5.41) is 2.91. The maximum Gasteiger partial charge on any atom is 0.237 e. The van der Waals surface area contributed by atoms with Gasteiger partial charge in [-0.05, 0) is 49.8 Å². The van der Waals surface area contributed by atoms with Crippen LogP contribution in [0.3, 0.4) is 0 Å². The summed E-state index contributed by atoms with van der Waals surface area (Å²) >= 11 is 1.69. The fourth-order valence-corrected chi connectivity index (χ4v) is 3.08. The summed E-state index contributed by atoms with van der Waals surface area (Å²) in [6, 6.07) is 5.56. The molecule has 1 aromatic carbocycles. The number of hydrogen-bond acceptors (Lipinski definition) is 5. The summed E-state index contributed by atoms with van der Waals surface area (Å²) < 4.78 is 11.5. The molecule has 5 nitrogen and oxygen atoms in total. The molecule has 3 N–H and O–H groups in total. The molecule has 1 aliphatic rings. The van der Waals surface area contributed by atoms with Crippen molar-refractivity contribution in [3.8, 4) is 5.75 Å². The molecular weight excluding hydrogens is 324 g/mol. The normalized spacial score (nSPS) is 18.4. The molecule has 0 aliphatic carbocycles. The molecule has 1 aliphatic heterocycles. The quantitative estimate of drug-likeness (QED) is 0.713. The van der Waals surface area contributed by atoms with E-state index in [1.165, 1.54) is 0 Å². The number of thioether (sulfide) groups is 1. The maximum atomic E-state index is 12.1. The van der Waals surface area contributed by atoms with E-state index in [0.29, 0.717) is 19.6 Å². The second kappa shape index (κ2) is 9.91. The highest BCUT2D eigenvalue weighted by Crippen LogP contribution is 2.22. The summed E-state index contributed by atoms with van der Waals surface area (Å²) in [5.41, 5.74) is 7.99. The zero-order valence-corrected chi connectivity index (χ0v) is 15.4. The molecule has 1 unspecified atom stereocenters. The Balaban J connectivity index is 1.89. The first-order chi connectivity index (χ1) is 11.6. The average molecular weight is 353 g/mol. The van der Waals surface area contributed by atoms with Gasteiger partial charge in [-0.25, -0.2) is 0 Å². The van der Waals surface area contributed by atoms with Gasteiger partial charge >= 0.3 is 0 Å². The molecule has 24 heavy (non-hydrogen) atoms. The van der Waals surface area contributed by atoms with Crippen LogP contribution in [0.1, 0.15) is 30.4 Å². The number of hydrogen-bond donors (Lipinski definition) is 2. The van der Waals surface area contributed by atoms with Gasteiger partial charge in [0.2, 0.25) is 5.91 Å². The second-order valence-corrected chi connectivity index (χ2v) is 7.15. The Kier molecular flexibility index (Phi) is 7.88. The third-order valence-electron chi connectivity index (χ3n) is 4.09. The van der Waals surface area contributed by atoms with Gasteiger partial charge in [0.1, 0.15) is 12.4 Å². The molecule has 0 radical (unpaired) electrons. The van der Waals surface area contributed by atoms with Crippen molar-refractivity contribution < 1.29 is 14.3 Å². The Morgan fingerprint density at radius 1 is 1.54 bits per heavy atom. The Bertz CT molecular complexity index is 533. The smallest absolute Gasteiger partial charge is 0.237 e. The van der Waals surface area contributed by atoms with Gasteiger partial charge in [0.25, 0.3) is 0 Å². The largest absolute Gasteiger partial charge is 0.491 e. The van der Waals surface area contributed by atoms with Gasteiger partial charge in [-0.15, -0.1) is 0 Å². The van der Waals surface area contributed by atoms with Crippen molar-refractivity contribution in [2.24, 2.45) is 5.73 Å². The van der Waals surface area contributed by atoms with Crippen LogP contribution in [-0.2, 0) is 16.1 Å². The van der Waals surface area contributed by atoms with Crippen LogP contribution < -0.4 is 15.8 Å². The number of amides is 1. The molecule has 6 heteroatoms. The Hall–Kier alpha value is -1.24. The monoisotopic (exact) mass is 352 g/mol. The lowest BCUT2D eigenvalue weighted by Gasteiger charge is -2.17. The van der Waals surface area contributed by atoms with Gasteiger partial charge in [0, 0.05) is 18.7 Å². The highest BCUT2D eigenvalue weighted by atomic mass is 32.2. The molecule has 2 atom stereocenters. The number of benzene rings is 1. The summed E-state index contributed by atoms with van der Waals surface area (Å²) in [5.74, 6) is 1.58. The van der Waals surface area contributed by atoms with Gasteiger partial charge in [-0.3, -0.25) is 4.79 Å². The highest BCUT2D eigenvalue weighted by Gasteiger charge is 2.17. The minimum absolute atomic E-state index is 0.116. The predicted octanol–water partition coefficient (Wildman–Crippen LogP) is 2.25. The number of carbonyl (C=O) groups excluding carboxylic acids is 1. The third-order valence-corrected chi connectivity index (χ3v) is 4.74. The van der Waals surface area contributed by atoms with E-state index in [4.69, 9.17) is 15.2 Å². The Morgan fingerprint density at radius 2 is 2.38 bits per heavy atom. The zero-order valence-electron chi connectivity index (χ0n) is 14.5. The number of nitrogens with one attached hydrogen (secondary N) is 1. The van der Waals surface area contributed by atoms with Gasteiger partial charge in [0.05, 0.1) is 12.1 Å². The number of aryl methyl sites for hydroxylation is 1. The molecule has 1 fully saturated rings. The van der Waals surface area contributed by atoms with E-state index < -0.39 is 6.04 Å². The van der Waals surface area contributed by atoms with Crippen LogP contribution in [0.25, 0.3) is 0 Å². The molecule has 0 spiro atoms. The molecule has 134 valence electrons. The van der Waals surface area contributed by atoms with E-state index in [1.54, 1.807) is 11.8 Å². The maximum absolute atomic E-state index is 12.1. The topological polar surface area (TPSA) is 73.6 Å². The summed E-state index contributed by atoms with van der Waals surface area (Å²) in [7, 11) is 0. The van der Waals surface area contributed by atoms with Gasteiger partial charge in [-0.2, -0.15) is 11.8 Å². The third kappa shape index (κ3) is 6.00. The van der Waals surface area contributed by atoms with Crippen LogP contribution >= 0.6 is 11.8 Å². The van der Waals surface area contributed by atoms with Crippen LogP contribution in [0.2, 0.25) is 0 Å². The van der Waals surface area contributed by atoms with E-state index in [0.717, 1.165) is 42.1 Å². The number of ether oxygens (including phenoxy) is 2. The van der Waals surface area contributed by atoms with Crippen LogP contribution in [0.5, 0.6) is 5.75 Å². The summed E-state index contributed by atoms with van der Waals surface area (Å²) in [6.07, 6.45) is 5.01. The lowest BCUT2D eigenvalue weighted by Crippen LogP contribution is -2.40. The first-order valence-corrected chi connectivity index (χ1v) is 9.85. The van der Waals surface area contributed by atoms with Crippen LogP contribution in [-0.4, -0.2) is 43.3 Å². The fraction of sp³-hybridized carbons (Fsp3) is 0.611. The lowest BCUT2D eigenvalue weighted by atomic mass is 10.1. The van der Waals surface area contributed by atoms with Crippen LogP contribution in [0.4, 0.5) is 0 Å². The standard InChI is InChI=1S/C18H28N2O3S/c1-13-5-6-14(11-20-18(21)16(19)7-9-24-2)17(10-13)23-12-15-4-3-8-22-15/h5-6,10,15-16H,3-4,7-9,11-12,19H2,1-2H3,(H,20,21)/t15?,16-/m0/s1. The van der Waals surface area contributed by atoms with Crippen molar-refractivity contribution in [1.82, 2.24) is 5.32 Å². The minimum atomic E-state index is -0.459. The first kappa shape index (κ1) is 19.1. The highest BCUT2D eigenvalue weighted by molar-refractivity contribution is 7.98. The summed E-state index contributed by atoms with van der Waals surface area (Å²) in [4.78, 5) is 12.1. The van der Waals surface area contributed by atoms with E-state index in [-0.39, 0.29) is 12.0 Å². The Labute approximate surface area is 148 Å². The summed E-state index contributed by atoms with van der Waals surface area (Å²) in [6.45, 7) is 3.82. The van der Waals surface area contributed by atoms with Gasteiger partial charge in [-0.1, -0.05) is 12.1 Å². The first-order valence-electron chi connectivity index (χ1n) is 8.46. The molecule has 0 aromatic heterocycles. The Morgan fingerprint density at radius 3 is 3.08 bits per heavy atom. The SMILES string of the molecule is CSCC[C@H](N)C(=O)NCc1ccc(C)cc1OCC1CCCO1. The fourth-order valence-electron chi connectivity index (χ4n) is 2.59. The van der Waals surface area contributed by atoms with Crippen molar-refractivity contribution in [2.45, 2.75) is 44.9 Å². The lowest BCUT2D eigenvalue weighted by molar-refractivity contribution is -0.122. The van der Waals surface area contributed by atoms with E-state index in [9.17, 15) is 4.79 Å². The predicted molar refractivity (Wildman–Crippen MR) is 98.5 cm³/mol. The molecule has 2 rings (SSSR count). The van der Waals surface area contributed by atoms with E-state index >= 15 is 0 Å². The van der Waals surface area contributed by atoms with E-state index in [1.807, 2.05) is 31.4 Å². The van der Waals surface area contributed by atoms with Crippen molar-refractivity contribution >= 4 is 17.7 Å². The number of rotatable bonds is 9.